The summed E-state index contributed by atoms with van der Waals surface area (Å²) in [5.74, 6) is -0.591. The lowest BCUT2D eigenvalue weighted by Gasteiger charge is -2.11. The van der Waals surface area contributed by atoms with Crippen LogP contribution in [-0.2, 0) is 7.05 Å². The van der Waals surface area contributed by atoms with Gasteiger partial charge in [-0.15, -0.1) is 0 Å². The standard InChI is InChI=1S/C18H17N3O4/c1-20-11-14(12-6-2-4-8-15(12)20)17(22)10-19-18(23)13-7-3-5-9-16(13)21(24)25/h2-9,11,17,22H,10H2,1H3,(H,19,23). The third-order valence-electron chi connectivity index (χ3n) is 4.09. The monoisotopic (exact) mass is 339 g/mol. The molecule has 0 radical (unpaired) electrons. The van der Waals surface area contributed by atoms with Gasteiger partial charge in [0.05, 0.1) is 11.0 Å². The van der Waals surface area contributed by atoms with Crippen LogP contribution in [0.15, 0.2) is 54.7 Å². The summed E-state index contributed by atoms with van der Waals surface area (Å²) in [5.41, 5.74) is 1.37. The number of para-hydroxylation sites is 2. The van der Waals surface area contributed by atoms with Crippen molar-refractivity contribution in [2.24, 2.45) is 7.05 Å². The number of nitro benzene ring substituents is 1. The molecule has 1 heterocycles. The Balaban J connectivity index is 1.77. The van der Waals surface area contributed by atoms with Crippen molar-refractivity contribution in [1.82, 2.24) is 9.88 Å². The largest absolute Gasteiger partial charge is 0.386 e. The molecular weight excluding hydrogens is 322 g/mol. The van der Waals surface area contributed by atoms with Gasteiger partial charge in [-0.1, -0.05) is 30.3 Å². The third kappa shape index (κ3) is 3.22. The highest BCUT2D eigenvalue weighted by Crippen LogP contribution is 2.25. The number of amides is 1. The number of aliphatic hydroxyl groups excluding tert-OH is 1. The summed E-state index contributed by atoms with van der Waals surface area (Å²) in [4.78, 5) is 22.6. The van der Waals surface area contributed by atoms with E-state index in [4.69, 9.17) is 0 Å². The van der Waals surface area contributed by atoms with Crippen LogP contribution in [0.3, 0.4) is 0 Å². The Morgan fingerprint density at radius 1 is 1.24 bits per heavy atom. The van der Waals surface area contributed by atoms with Gasteiger partial charge in [0.1, 0.15) is 5.56 Å². The molecule has 1 atom stereocenters. The van der Waals surface area contributed by atoms with Gasteiger partial charge < -0.3 is 15.0 Å². The van der Waals surface area contributed by atoms with Crippen LogP contribution in [0, 0.1) is 10.1 Å². The van der Waals surface area contributed by atoms with E-state index in [1.165, 1.54) is 18.2 Å². The van der Waals surface area contributed by atoms with Crippen LogP contribution >= 0.6 is 0 Å². The van der Waals surface area contributed by atoms with Gasteiger partial charge in [0, 0.05) is 42.3 Å². The zero-order valence-electron chi connectivity index (χ0n) is 13.5. The van der Waals surface area contributed by atoms with Crippen LogP contribution in [0.2, 0.25) is 0 Å². The number of hydrogen-bond donors (Lipinski definition) is 2. The predicted molar refractivity (Wildman–Crippen MR) is 93.3 cm³/mol. The number of carbonyl (C=O) groups excluding carboxylic acids is 1. The highest BCUT2D eigenvalue weighted by Gasteiger charge is 2.21. The number of aliphatic hydroxyl groups is 1. The number of nitro groups is 1. The molecule has 0 saturated heterocycles. The first-order valence-corrected chi connectivity index (χ1v) is 7.72. The lowest BCUT2D eigenvalue weighted by Crippen LogP contribution is -2.28. The number of aromatic nitrogens is 1. The maximum atomic E-state index is 12.2. The van der Waals surface area contributed by atoms with Crippen LogP contribution in [-0.4, -0.2) is 27.0 Å². The maximum Gasteiger partial charge on any atom is 0.282 e. The topological polar surface area (TPSA) is 97.4 Å². The number of rotatable bonds is 5. The molecule has 1 unspecified atom stereocenters. The zero-order chi connectivity index (χ0) is 18.0. The summed E-state index contributed by atoms with van der Waals surface area (Å²) in [6.07, 6.45) is 0.893. The van der Waals surface area contributed by atoms with E-state index >= 15 is 0 Å². The van der Waals surface area contributed by atoms with Crippen LogP contribution in [0.4, 0.5) is 5.69 Å². The zero-order valence-corrected chi connectivity index (χ0v) is 13.5. The number of nitrogens with one attached hydrogen (secondary N) is 1. The summed E-state index contributed by atoms with van der Waals surface area (Å²) in [6.45, 7) is -0.0428. The fraction of sp³-hybridized carbons (Fsp3) is 0.167. The van der Waals surface area contributed by atoms with E-state index in [9.17, 15) is 20.0 Å². The Bertz CT molecular complexity index is 948. The van der Waals surface area contributed by atoms with Crippen molar-refractivity contribution in [1.29, 1.82) is 0 Å². The molecule has 3 aromatic rings. The normalized spacial score (nSPS) is 12.1. The molecule has 25 heavy (non-hydrogen) atoms. The molecular formula is C18H17N3O4. The molecule has 0 spiro atoms. The van der Waals surface area contributed by atoms with Crippen molar-refractivity contribution < 1.29 is 14.8 Å². The first kappa shape index (κ1) is 16.7. The first-order chi connectivity index (χ1) is 12.0. The van der Waals surface area contributed by atoms with E-state index in [1.54, 1.807) is 6.07 Å². The summed E-state index contributed by atoms with van der Waals surface area (Å²) in [7, 11) is 1.88. The highest BCUT2D eigenvalue weighted by molar-refractivity contribution is 5.98. The molecule has 0 aliphatic carbocycles. The molecule has 7 heteroatoms. The minimum Gasteiger partial charge on any atom is -0.386 e. The van der Waals surface area contributed by atoms with Crippen LogP contribution in [0.5, 0.6) is 0 Å². The Hall–Kier alpha value is -3.19. The van der Waals surface area contributed by atoms with Crippen molar-refractivity contribution in [2.75, 3.05) is 6.54 Å². The Morgan fingerprint density at radius 3 is 2.68 bits per heavy atom. The van der Waals surface area contributed by atoms with Gasteiger partial charge >= 0.3 is 0 Å². The number of hydrogen-bond acceptors (Lipinski definition) is 4. The van der Waals surface area contributed by atoms with Gasteiger partial charge in [-0.05, 0) is 12.1 Å². The molecule has 0 aliphatic heterocycles. The quantitative estimate of drug-likeness (QED) is 0.551. The molecule has 7 nitrogen and oxygen atoms in total. The number of fused-ring (bicyclic) bond motifs is 1. The highest BCUT2D eigenvalue weighted by atomic mass is 16.6. The second kappa shape index (κ2) is 6.74. The molecule has 0 fully saturated rings. The number of carbonyl (C=O) groups is 1. The van der Waals surface area contributed by atoms with E-state index in [2.05, 4.69) is 5.32 Å². The van der Waals surface area contributed by atoms with Crippen LogP contribution in [0.25, 0.3) is 10.9 Å². The SMILES string of the molecule is Cn1cc(C(O)CNC(=O)c2ccccc2[N+](=O)[O-])c2ccccc21. The van der Waals surface area contributed by atoms with Gasteiger partial charge in [-0.25, -0.2) is 0 Å². The van der Waals surface area contributed by atoms with E-state index in [1.807, 2.05) is 42.1 Å². The van der Waals surface area contributed by atoms with E-state index in [0.717, 1.165) is 10.9 Å². The smallest absolute Gasteiger partial charge is 0.282 e. The van der Waals surface area contributed by atoms with Crippen molar-refractivity contribution in [2.45, 2.75) is 6.10 Å². The van der Waals surface area contributed by atoms with Crippen LogP contribution in [0.1, 0.15) is 22.0 Å². The molecule has 3 rings (SSSR count). The molecule has 2 aromatic carbocycles. The summed E-state index contributed by atoms with van der Waals surface area (Å²) in [6, 6.07) is 13.4. The van der Waals surface area contributed by atoms with Gasteiger partial charge in [-0.3, -0.25) is 14.9 Å². The second-order valence-corrected chi connectivity index (χ2v) is 5.71. The van der Waals surface area contributed by atoms with Crippen molar-refractivity contribution in [3.63, 3.8) is 0 Å². The average Bonchev–Trinajstić information content (AvgIpc) is 2.96. The van der Waals surface area contributed by atoms with Crippen molar-refractivity contribution in [3.8, 4) is 0 Å². The third-order valence-corrected chi connectivity index (χ3v) is 4.09. The maximum absolute atomic E-state index is 12.2. The van der Waals surface area contributed by atoms with Crippen molar-refractivity contribution in [3.05, 3.63) is 76.0 Å². The minimum atomic E-state index is -0.919. The molecule has 128 valence electrons. The van der Waals surface area contributed by atoms with Gasteiger partial charge in [0.25, 0.3) is 11.6 Å². The Labute approximate surface area is 143 Å². The molecule has 1 amide bonds. The lowest BCUT2D eigenvalue weighted by atomic mass is 10.1. The van der Waals surface area contributed by atoms with Crippen molar-refractivity contribution >= 4 is 22.5 Å². The summed E-state index contributed by atoms with van der Waals surface area (Å²) in [5, 5.41) is 24.9. The number of aryl methyl sites for hydroxylation is 1. The average molecular weight is 339 g/mol. The lowest BCUT2D eigenvalue weighted by molar-refractivity contribution is -0.385. The second-order valence-electron chi connectivity index (χ2n) is 5.71. The molecule has 1 aromatic heterocycles. The van der Waals surface area contributed by atoms with Gasteiger partial charge in [-0.2, -0.15) is 0 Å². The summed E-state index contributed by atoms with van der Waals surface area (Å²) < 4.78 is 1.90. The number of nitrogens with zero attached hydrogens (tertiary/aromatic N) is 2. The number of benzene rings is 2. The fourth-order valence-electron chi connectivity index (χ4n) is 2.86. The van der Waals surface area contributed by atoms with E-state index in [0.29, 0.717) is 5.56 Å². The van der Waals surface area contributed by atoms with E-state index < -0.39 is 16.9 Å². The predicted octanol–water partition coefficient (Wildman–Crippen LogP) is 2.55. The van der Waals surface area contributed by atoms with Crippen LogP contribution < -0.4 is 5.32 Å². The van der Waals surface area contributed by atoms with Gasteiger partial charge in [0.15, 0.2) is 0 Å². The van der Waals surface area contributed by atoms with Gasteiger partial charge in [0.2, 0.25) is 0 Å². The molecule has 0 saturated carbocycles. The summed E-state index contributed by atoms with van der Waals surface area (Å²) >= 11 is 0. The first-order valence-electron chi connectivity index (χ1n) is 7.72. The molecule has 2 N–H and O–H groups in total. The minimum absolute atomic E-state index is 0.0300. The Kier molecular flexibility index (Phi) is 4.49. The van der Waals surface area contributed by atoms with E-state index in [-0.39, 0.29) is 17.8 Å². The molecule has 0 bridgehead atoms. The Morgan fingerprint density at radius 2 is 1.92 bits per heavy atom. The molecule has 0 aliphatic rings. The fourth-order valence-corrected chi connectivity index (χ4v) is 2.86.